The number of amides is 2. The standard InChI is InChI=1S/C14H17ClN2O3/c1-20-12-6-5-10(15)7-11(12)17-13(18)8-16-14(19)9-3-2-4-9/h5-7,9H,2-4,8H2,1H3,(H,16,19)(H,17,18). The van der Waals surface area contributed by atoms with Crippen LogP contribution in [0.2, 0.25) is 5.02 Å². The van der Waals surface area contributed by atoms with Crippen molar-refractivity contribution in [2.75, 3.05) is 19.0 Å². The predicted molar refractivity (Wildman–Crippen MR) is 77.0 cm³/mol. The Morgan fingerprint density at radius 3 is 2.75 bits per heavy atom. The van der Waals surface area contributed by atoms with E-state index < -0.39 is 0 Å². The van der Waals surface area contributed by atoms with E-state index in [1.165, 1.54) is 7.11 Å². The Morgan fingerprint density at radius 1 is 1.40 bits per heavy atom. The maximum atomic E-state index is 11.8. The van der Waals surface area contributed by atoms with Gasteiger partial charge in [0.25, 0.3) is 0 Å². The Hall–Kier alpha value is -1.75. The van der Waals surface area contributed by atoms with Gasteiger partial charge < -0.3 is 15.4 Å². The molecule has 1 fully saturated rings. The number of benzene rings is 1. The van der Waals surface area contributed by atoms with Crippen molar-refractivity contribution in [2.45, 2.75) is 19.3 Å². The highest BCUT2D eigenvalue weighted by molar-refractivity contribution is 6.31. The minimum atomic E-state index is -0.307. The number of carbonyl (C=O) groups is 2. The van der Waals surface area contributed by atoms with Crippen LogP contribution >= 0.6 is 11.6 Å². The fraction of sp³-hybridized carbons (Fsp3) is 0.429. The SMILES string of the molecule is COc1ccc(Cl)cc1NC(=O)CNC(=O)C1CCC1. The van der Waals surface area contributed by atoms with Gasteiger partial charge in [0.1, 0.15) is 5.75 Å². The van der Waals surface area contributed by atoms with Crippen LogP contribution in [0.15, 0.2) is 18.2 Å². The van der Waals surface area contributed by atoms with Crippen molar-refractivity contribution < 1.29 is 14.3 Å². The molecule has 0 atom stereocenters. The maximum absolute atomic E-state index is 11.8. The molecule has 0 radical (unpaired) electrons. The molecule has 0 bridgehead atoms. The third-order valence-electron chi connectivity index (χ3n) is 3.33. The molecule has 1 aliphatic rings. The molecule has 0 unspecified atom stereocenters. The van der Waals surface area contributed by atoms with E-state index in [9.17, 15) is 9.59 Å². The van der Waals surface area contributed by atoms with Crippen LogP contribution in [0, 0.1) is 5.92 Å². The molecule has 108 valence electrons. The Bertz CT molecular complexity index is 515. The lowest BCUT2D eigenvalue weighted by molar-refractivity contribution is -0.129. The average Bonchev–Trinajstić information content (AvgIpc) is 2.34. The summed E-state index contributed by atoms with van der Waals surface area (Å²) in [6.45, 7) is -0.0506. The first-order valence-corrected chi connectivity index (χ1v) is 6.89. The summed E-state index contributed by atoms with van der Waals surface area (Å²) in [5, 5.41) is 5.80. The van der Waals surface area contributed by atoms with Crippen LogP contribution in [-0.2, 0) is 9.59 Å². The number of rotatable bonds is 5. The minimum Gasteiger partial charge on any atom is -0.495 e. The number of halogens is 1. The Kier molecular flexibility index (Phi) is 4.84. The van der Waals surface area contributed by atoms with Crippen molar-refractivity contribution in [1.29, 1.82) is 0 Å². The molecule has 1 saturated carbocycles. The first kappa shape index (κ1) is 14.7. The number of anilines is 1. The number of hydrogen-bond donors (Lipinski definition) is 2. The Labute approximate surface area is 122 Å². The molecule has 6 heteroatoms. The van der Waals surface area contributed by atoms with Crippen LogP contribution in [0.5, 0.6) is 5.75 Å². The lowest BCUT2D eigenvalue weighted by Crippen LogP contribution is -2.39. The van der Waals surface area contributed by atoms with Crippen molar-refractivity contribution in [3.8, 4) is 5.75 Å². The quantitative estimate of drug-likeness (QED) is 0.875. The van der Waals surface area contributed by atoms with Crippen LogP contribution in [0.3, 0.4) is 0 Å². The van der Waals surface area contributed by atoms with E-state index in [0.717, 1.165) is 19.3 Å². The van der Waals surface area contributed by atoms with Crippen molar-refractivity contribution in [2.24, 2.45) is 5.92 Å². The normalized spacial score (nSPS) is 14.3. The fourth-order valence-corrected chi connectivity index (χ4v) is 2.13. The van der Waals surface area contributed by atoms with Gasteiger partial charge in [-0.25, -0.2) is 0 Å². The molecule has 5 nitrogen and oxygen atoms in total. The number of nitrogens with one attached hydrogen (secondary N) is 2. The molecule has 0 aromatic heterocycles. The van der Waals surface area contributed by atoms with E-state index in [1.54, 1.807) is 18.2 Å². The monoisotopic (exact) mass is 296 g/mol. The molecule has 2 N–H and O–H groups in total. The summed E-state index contributed by atoms with van der Waals surface area (Å²) in [7, 11) is 1.51. The molecule has 20 heavy (non-hydrogen) atoms. The van der Waals surface area contributed by atoms with Gasteiger partial charge in [-0.05, 0) is 31.0 Å². The summed E-state index contributed by atoms with van der Waals surface area (Å²) >= 11 is 5.88. The molecular weight excluding hydrogens is 280 g/mol. The summed E-state index contributed by atoms with van der Waals surface area (Å²) in [5.41, 5.74) is 0.489. The van der Waals surface area contributed by atoms with Crippen LogP contribution < -0.4 is 15.4 Å². The smallest absolute Gasteiger partial charge is 0.243 e. The predicted octanol–water partition coefficient (Wildman–Crippen LogP) is 2.20. The minimum absolute atomic E-state index is 0.0506. The molecule has 1 aromatic carbocycles. The molecule has 0 saturated heterocycles. The van der Waals surface area contributed by atoms with Gasteiger partial charge in [0.05, 0.1) is 19.3 Å². The second-order valence-electron chi connectivity index (χ2n) is 4.74. The van der Waals surface area contributed by atoms with Crippen molar-refractivity contribution in [1.82, 2.24) is 5.32 Å². The molecule has 0 spiro atoms. The molecule has 2 amide bonds. The summed E-state index contributed by atoms with van der Waals surface area (Å²) in [5.74, 6) is 0.235. The highest BCUT2D eigenvalue weighted by Crippen LogP contribution is 2.28. The largest absolute Gasteiger partial charge is 0.495 e. The lowest BCUT2D eigenvalue weighted by atomic mass is 9.85. The molecule has 0 heterocycles. The topological polar surface area (TPSA) is 67.4 Å². The van der Waals surface area contributed by atoms with E-state index in [4.69, 9.17) is 16.3 Å². The number of carbonyl (C=O) groups excluding carboxylic acids is 2. The molecule has 2 rings (SSSR count). The fourth-order valence-electron chi connectivity index (χ4n) is 1.95. The van der Waals surface area contributed by atoms with Gasteiger partial charge in [0, 0.05) is 10.9 Å². The van der Waals surface area contributed by atoms with Gasteiger partial charge in [0.15, 0.2) is 0 Å². The summed E-state index contributed by atoms with van der Waals surface area (Å²) in [6.07, 6.45) is 2.91. The van der Waals surface area contributed by atoms with E-state index in [2.05, 4.69) is 10.6 Å². The highest BCUT2D eigenvalue weighted by Gasteiger charge is 2.25. The van der Waals surface area contributed by atoms with Gasteiger partial charge >= 0.3 is 0 Å². The highest BCUT2D eigenvalue weighted by atomic mass is 35.5. The summed E-state index contributed by atoms with van der Waals surface area (Å²) < 4.78 is 5.13. The zero-order valence-electron chi connectivity index (χ0n) is 11.2. The third kappa shape index (κ3) is 3.63. The van der Waals surface area contributed by atoms with E-state index >= 15 is 0 Å². The van der Waals surface area contributed by atoms with Gasteiger partial charge in [-0.2, -0.15) is 0 Å². The zero-order valence-corrected chi connectivity index (χ0v) is 12.0. The Balaban J connectivity index is 1.87. The second kappa shape index (κ2) is 6.61. The average molecular weight is 297 g/mol. The van der Waals surface area contributed by atoms with Gasteiger partial charge in [-0.3, -0.25) is 9.59 Å². The van der Waals surface area contributed by atoms with Gasteiger partial charge in [-0.15, -0.1) is 0 Å². The van der Waals surface area contributed by atoms with Gasteiger partial charge in [0.2, 0.25) is 11.8 Å². The maximum Gasteiger partial charge on any atom is 0.243 e. The summed E-state index contributed by atoms with van der Waals surface area (Å²) in [4.78, 5) is 23.4. The zero-order chi connectivity index (χ0) is 14.5. The third-order valence-corrected chi connectivity index (χ3v) is 3.57. The van der Waals surface area contributed by atoms with Crippen molar-refractivity contribution in [3.63, 3.8) is 0 Å². The first-order valence-electron chi connectivity index (χ1n) is 6.51. The van der Waals surface area contributed by atoms with E-state index in [0.29, 0.717) is 16.5 Å². The molecule has 0 aliphatic heterocycles. The molecule has 1 aliphatic carbocycles. The number of methoxy groups -OCH3 is 1. The first-order chi connectivity index (χ1) is 9.60. The van der Waals surface area contributed by atoms with Crippen molar-refractivity contribution in [3.05, 3.63) is 23.2 Å². The van der Waals surface area contributed by atoms with E-state index in [1.807, 2.05) is 0 Å². The van der Waals surface area contributed by atoms with Crippen LogP contribution in [0.25, 0.3) is 0 Å². The summed E-state index contributed by atoms with van der Waals surface area (Å²) in [6, 6.07) is 4.95. The molecular formula is C14H17ClN2O3. The van der Waals surface area contributed by atoms with Crippen LogP contribution in [-0.4, -0.2) is 25.5 Å². The number of ether oxygens (including phenoxy) is 1. The lowest BCUT2D eigenvalue weighted by Gasteiger charge is -2.23. The molecule has 1 aromatic rings. The van der Waals surface area contributed by atoms with Crippen LogP contribution in [0.1, 0.15) is 19.3 Å². The van der Waals surface area contributed by atoms with Crippen molar-refractivity contribution >= 4 is 29.1 Å². The van der Waals surface area contributed by atoms with E-state index in [-0.39, 0.29) is 24.3 Å². The van der Waals surface area contributed by atoms with Crippen LogP contribution in [0.4, 0.5) is 5.69 Å². The second-order valence-corrected chi connectivity index (χ2v) is 5.17. The Morgan fingerprint density at radius 2 is 2.15 bits per heavy atom. The van der Waals surface area contributed by atoms with Gasteiger partial charge in [-0.1, -0.05) is 18.0 Å². The number of hydrogen-bond acceptors (Lipinski definition) is 3.